The molecule has 0 aliphatic rings. The molecule has 0 saturated heterocycles. The molecule has 0 aliphatic heterocycles. The van der Waals surface area contributed by atoms with Gasteiger partial charge in [-0.1, -0.05) is 42.2 Å². The van der Waals surface area contributed by atoms with Crippen LogP contribution in [0.15, 0.2) is 47.2 Å². The zero-order chi connectivity index (χ0) is 13.9. The SMILES string of the molecule is NC(C#Cc1ccsc1)(c1ccccc1)C(F)(F)F. The molecule has 0 saturated carbocycles. The summed E-state index contributed by atoms with van der Waals surface area (Å²) in [5, 5.41) is 3.42. The lowest BCUT2D eigenvalue weighted by atomic mass is 9.90. The van der Waals surface area contributed by atoms with Gasteiger partial charge in [-0.2, -0.15) is 24.5 Å². The minimum atomic E-state index is -4.64. The first-order valence-corrected chi connectivity index (χ1v) is 6.34. The van der Waals surface area contributed by atoms with Crippen molar-refractivity contribution in [1.29, 1.82) is 0 Å². The minimum absolute atomic E-state index is 0.0646. The van der Waals surface area contributed by atoms with E-state index in [9.17, 15) is 13.2 Å². The zero-order valence-electron chi connectivity index (χ0n) is 9.74. The van der Waals surface area contributed by atoms with Gasteiger partial charge in [-0.05, 0) is 17.0 Å². The summed E-state index contributed by atoms with van der Waals surface area (Å²) in [6.07, 6.45) is -4.64. The number of thiophene rings is 1. The molecule has 1 unspecified atom stereocenters. The van der Waals surface area contributed by atoms with Gasteiger partial charge in [0.25, 0.3) is 0 Å². The first-order chi connectivity index (χ1) is 8.93. The normalized spacial score (nSPS) is 14.3. The summed E-state index contributed by atoms with van der Waals surface area (Å²) in [6.45, 7) is 0. The van der Waals surface area contributed by atoms with E-state index in [-0.39, 0.29) is 5.56 Å². The number of alkyl halides is 3. The van der Waals surface area contributed by atoms with Crippen molar-refractivity contribution in [3.63, 3.8) is 0 Å². The summed E-state index contributed by atoms with van der Waals surface area (Å²) in [5.41, 5.74) is 3.32. The zero-order valence-corrected chi connectivity index (χ0v) is 10.6. The number of rotatable bonds is 1. The Kier molecular flexibility index (Phi) is 3.65. The summed E-state index contributed by atoms with van der Waals surface area (Å²) in [6, 6.07) is 8.96. The quantitative estimate of drug-likeness (QED) is 0.795. The van der Waals surface area contributed by atoms with E-state index in [1.54, 1.807) is 22.9 Å². The Hall–Kier alpha value is -1.77. The van der Waals surface area contributed by atoms with Crippen LogP contribution in [0.1, 0.15) is 11.1 Å². The van der Waals surface area contributed by atoms with Gasteiger partial charge in [0.1, 0.15) is 0 Å². The summed E-state index contributed by atoms with van der Waals surface area (Å²) >= 11 is 1.37. The molecule has 1 heterocycles. The molecule has 0 bridgehead atoms. The maximum absolute atomic E-state index is 13.2. The van der Waals surface area contributed by atoms with Crippen LogP contribution in [0.3, 0.4) is 0 Å². The van der Waals surface area contributed by atoms with E-state index in [2.05, 4.69) is 11.8 Å². The van der Waals surface area contributed by atoms with Crippen molar-refractivity contribution in [1.82, 2.24) is 0 Å². The van der Waals surface area contributed by atoms with Crippen molar-refractivity contribution < 1.29 is 13.2 Å². The third-order valence-electron chi connectivity index (χ3n) is 2.60. The van der Waals surface area contributed by atoms with Gasteiger partial charge in [-0.25, -0.2) is 0 Å². The Morgan fingerprint density at radius 2 is 1.74 bits per heavy atom. The molecule has 1 nitrogen and oxygen atoms in total. The number of hydrogen-bond acceptors (Lipinski definition) is 2. The van der Waals surface area contributed by atoms with Crippen molar-refractivity contribution in [3.8, 4) is 11.8 Å². The predicted molar refractivity (Wildman–Crippen MR) is 69.6 cm³/mol. The van der Waals surface area contributed by atoms with Crippen molar-refractivity contribution in [2.24, 2.45) is 5.73 Å². The number of benzene rings is 1. The third-order valence-corrected chi connectivity index (χ3v) is 3.28. The fourth-order valence-electron chi connectivity index (χ4n) is 1.51. The standard InChI is InChI=1S/C14H10F3NS/c15-14(16,17)13(18,12-4-2-1-3-5-12)8-6-11-7-9-19-10-11/h1-5,7,9-10H,18H2. The number of nitrogens with two attached hydrogens (primary N) is 1. The van der Waals surface area contributed by atoms with E-state index in [4.69, 9.17) is 5.73 Å². The number of hydrogen-bond donors (Lipinski definition) is 1. The molecule has 0 amide bonds. The summed E-state index contributed by atoms with van der Waals surface area (Å²) in [7, 11) is 0. The summed E-state index contributed by atoms with van der Waals surface area (Å²) in [4.78, 5) is 0. The van der Waals surface area contributed by atoms with Crippen LogP contribution in [0.4, 0.5) is 13.2 Å². The average molecular weight is 281 g/mol. The van der Waals surface area contributed by atoms with Gasteiger partial charge in [0.05, 0.1) is 0 Å². The van der Waals surface area contributed by atoms with Crippen LogP contribution < -0.4 is 5.73 Å². The minimum Gasteiger partial charge on any atom is -0.304 e. The molecular weight excluding hydrogens is 271 g/mol. The summed E-state index contributed by atoms with van der Waals surface area (Å²) in [5.74, 6) is 4.65. The van der Waals surface area contributed by atoms with E-state index >= 15 is 0 Å². The van der Waals surface area contributed by atoms with Crippen molar-refractivity contribution >= 4 is 11.3 Å². The fraction of sp³-hybridized carbons (Fsp3) is 0.143. The molecule has 0 aliphatic carbocycles. The Morgan fingerprint density at radius 3 is 2.26 bits per heavy atom. The van der Waals surface area contributed by atoms with Crippen LogP contribution >= 0.6 is 11.3 Å². The highest BCUT2D eigenvalue weighted by Gasteiger charge is 2.52. The molecular formula is C14H10F3NS. The molecule has 0 spiro atoms. The fourth-order valence-corrected chi connectivity index (χ4v) is 2.10. The van der Waals surface area contributed by atoms with Gasteiger partial charge in [0.2, 0.25) is 0 Å². The second-order valence-corrected chi connectivity index (χ2v) is 4.71. The lowest BCUT2D eigenvalue weighted by molar-refractivity contribution is -0.171. The third kappa shape index (κ3) is 2.80. The molecule has 5 heteroatoms. The molecule has 1 aromatic heterocycles. The van der Waals surface area contributed by atoms with Crippen LogP contribution in [0.5, 0.6) is 0 Å². The highest BCUT2D eigenvalue weighted by atomic mass is 32.1. The molecule has 0 radical (unpaired) electrons. The van der Waals surface area contributed by atoms with Gasteiger partial charge >= 0.3 is 6.18 Å². The molecule has 1 atom stereocenters. The Morgan fingerprint density at radius 1 is 1.05 bits per heavy atom. The smallest absolute Gasteiger partial charge is 0.304 e. The van der Waals surface area contributed by atoms with E-state index in [1.165, 1.54) is 35.6 Å². The molecule has 2 rings (SSSR count). The second kappa shape index (κ2) is 5.08. The van der Waals surface area contributed by atoms with Gasteiger partial charge in [0, 0.05) is 10.9 Å². The predicted octanol–water partition coefficient (Wildman–Crippen LogP) is 3.52. The van der Waals surface area contributed by atoms with Crippen molar-refractivity contribution in [3.05, 3.63) is 58.3 Å². The highest BCUT2D eigenvalue weighted by molar-refractivity contribution is 7.08. The van der Waals surface area contributed by atoms with Gasteiger partial charge in [-0.3, -0.25) is 0 Å². The van der Waals surface area contributed by atoms with Crippen LogP contribution in [-0.4, -0.2) is 6.18 Å². The molecule has 2 N–H and O–H groups in total. The second-order valence-electron chi connectivity index (χ2n) is 3.93. The monoisotopic (exact) mass is 281 g/mol. The molecule has 1 aromatic carbocycles. The number of halogens is 3. The van der Waals surface area contributed by atoms with E-state index in [0.29, 0.717) is 5.56 Å². The lowest BCUT2D eigenvalue weighted by Crippen LogP contribution is -2.49. The maximum atomic E-state index is 13.2. The Bertz CT molecular complexity index is 593. The molecule has 2 aromatic rings. The lowest BCUT2D eigenvalue weighted by Gasteiger charge is -2.26. The van der Waals surface area contributed by atoms with E-state index in [0.717, 1.165) is 0 Å². The van der Waals surface area contributed by atoms with E-state index < -0.39 is 11.7 Å². The molecule has 98 valence electrons. The first kappa shape index (κ1) is 13.7. The average Bonchev–Trinajstić information content (AvgIpc) is 2.89. The maximum Gasteiger partial charge on any atom is 0.422 e. The van der Waals surface area contributed by atoms with Crippen LogP contribution in [0, 0.1) is 11.8 Å². The van der Waals surface area contributed by atoms with Crippen molar-refractivity contribution in [2.75, 3.05) is 0 Å². The topological polar surface area (TPSA) is 26.0 Å². The Labute approximate surface area is 112 Å². The van der Waals surface area contributed by atoms with E-state index in [1.807, 2.05) is 0 Å². The van der Waals surface area contributed by atoms with Gasteiger partial charge < -0.3 is 5.73 Å². The van der Waals surface area contributed by atoms with Crippen LogP contribution in [0.2, 0.25) is 0 Å². The molecule has 0 fully saturated rings. The first-order valence-electron chi connectivity index (χ1n) is 5.40. The van der Waals surface area contributed by atoms with Gasteiger partial charge in [-0.15, -0.1) is 0 Å². The van der Waals surface area contributed by atoms with Crippen LogP contribution in [-0.2, 0) is 5.54 Å². The van der Waals surface area contributed by atoms with Crippen LogP contribution in [0.25, 0.3) is 0 Å². The summed E-state index contributed by atoms with van der Waals surface area (Å²) < 4.78 is 39.6. The highest BCUT2D eigenvalue weighted by Crippen LogP contribution is 2.36. The Balaban J connectivity index is 2.48. The van der Waals surface area contributed by atoms with Crippen molar-refractivity contribution in [2.45, 2.75) is 11.7 Å². The molecule has 19 heavy (non-hydrogen) atoms. The van der Waals surface area contributed by atoms with Gasteiger partial charge in [0.15, 0.2) is 5.54 Å². The largest absolute Gasteiger partial charge is 0.422 e.